The zero-order chi connectivity index (χ0) is 21.8. The highest BCUT2D eigenvalue weighted by Crippen LogP contribution is 2.33. The first-order valence-corrected chi connectivity index (χ1v) is 10.9. The van der Waals surface area contributed by atoms with Gasteiger partial charge in [-0.25, -0.2) is 0 Å². The molecule has 1 atom stereocenters. The predicted molar refractivity (Wildman–Crippen MR) is 132 cm³/mol. The van der Waals surface area contributed by atoms with E-state index < -0.39 is 0 Å². The molecule has 30 heavy (non-hydrogen) atoms. The first kappa shape index (κ1) is 21.7. The second kappa shape index (κ2) is 9.23. The van der Waals surface area contributed by atoms with E-state index in [1.165, 1.54) is 38.7 Å². The lowest BCUT2D eigenvalue weighted by Crippen LogP contribution is -2.26. The highest BCUT2D eigenvalue weighted by Gasteiger charge is 2.20. The number of benzene rings is 3. The van der Waals surface area contributed by atoms with Gasteiger partial charge >= 0.3 is 0 Å². The Morgan fingerprint density at radius 3 is 2.47 bits per heavy atom. The number of allylic oxidation sites excluding steroid dienone is 1. The monoisotopic (exact) mass is 395 g/mol. The van der Waals surface area contributed by atoms with Crippen LogP contribution in [-0.2, 0) is 13.0 Å². The molecule has 0 aromatic heterocycles. The van der Waals surface area contributed by atoms with Gasteiger partial charge in [0.2, 0.25) is 0 Å². The Hall–Kier alpha value is -2.98. The van der Waals surface area contributed by atoms with E-state index >= 15 is 0 Å². The normalized spacial score (nSPS) is 11.9. The minimum Gasteiger partial charge on any atom is -0.341 e. The van der Waals surface area contributed by atoms with Crippen molar-refractivity contribution in [3.05, 3.63) is 88.6 Å². The fourth-order valence-electron chi connectivity index (χ4n) is 4.13. The summed E-state index contributed by atoms with van der Waals surface area (Å²) < 4.78 is 0. The van der Waals surface area contributed by atoms with Crippen molar-refractivity contribution in [2.45, 2.75) is 54.0 Å². The molecule has 3 aromatic carbocycles. The van der Waals surface area contributed by atoms with Crippen LogP contribution in [0, 0.1) is 32.1 Å². The van der Waals surface area contributed by atoms with Gasteiger partial charge in [0, 0.05) is 23.5 Å². The molecule has 0 bridgehead atoms. The van der Waals surface area contributed by atoms with Gasteiger partial charge in [-0.05, 0) is 78.3 Å². The van der Waals surface area contributed by atoms with Gasteiger partial charge < -0.3 is 4.90 Å². The van der Waals surface area contributed by atoms with E-state index in [9.17, 15) is 0 Å². The minimum atomic E-state index is 0.402. The van der Waals surface area contributed by atoms with E-state index in [1.54, 1.807) is 0 Å². The topological polar surface area (TPSA) is 3.24 Å². The van der Waals surface area contributed by atoms with E-state index in [1.807, 2.05) is 6.07 Å². The number of fused-ring (bicyclic) bond motifs is 1. The summed E-state index contributed by atoms with van der Waals surface area (Å²) in [6.45, 7) is 16.3. The van der Waals surface area contributed by atoms with Crippen LogP contribution in [0.5, 0.6) is 0 Å². The summed E-state index contributed by atoms with van der Waals surface area (Å²) >= 11 is 0. The lowest BCUT2D eigenvalue weighted by molar-refractivity contribution is 0.622. The van der Waals surface area contributed by atoms with Crippen LogP contribution in [0.1, 0.15) is 55.0 Å². The molecule has 0 N–H and O–H groups in total. The van der Waals surface area contributed by atoms with Crippen LogP contribution in [0.2, 0.25) is 0 Å². The number of terminal acetylenes is 1. The number of hydrogen-bond donors (Lipinski definition) is 0. The first-order chi connectivity index (χ1) is 14.4. The number of rotatable bonds is 7. The highest BCUT2D eigenvalue weighted by molar-refractivity contribution is 5.88. The number of aryl methyl sites for hydroxylation is 3. The number of anilines is 1. The van der Waals surface area contributed by atoms with Gasteiger partial charge in [-0.3, -0.25) is 0 Å². The lowest BCUT2D eigenvalue weighted by atomic mass is 9.94. The summed E-state index contributed by atoms with van der Waals surface area (Å²) in [4.78, 5) is 2.40. The molecule has 0 radical (unpaired) electrons. The third kappa shape index (κ3) is 4.29. The SMILES string of the molecule is C#Cc1ccc(N(Cc2c(CC)ccc3cc(C)ccc23)C(=C)C(C)CC)c(C)c1. The summed E-state index contributed by atoms with van der Waals surface area (Å²) in [5, 5.41) is 2.63. The maximum atomic E-state index is 5.63. The molecule has 0 spiro atoms. The predicted octanol–water partition coefficient (Wildman–Crippen LogP) is 7.57. The summed E-state index contributed by atoms with van der Waals surface area (Å²) in [5.41, 5.74) is 8.51. The maximum absolute atomic E-state index is 5.63. The van der Waals surface area contributed by atoms with Crippen molar-refractivity contribution in [2.24, 2.45) is 5.92 Å². The Labute approximate surface area is 182 Å². The molecule has 0 aliphatic carbocycles. The van der Waals surface area contributed by atoms with Crippen LogP contribution in [0.25, 0.3) is 10.8 Å². The van der Waals surface area contributed by atoms with Crippen molar-refractivity contribution >= 4 is 16.5 Å². The Bertz CT molecular complexity index is 1110. The van der Waals surface area contributed by atoms with E-state index in [4.69, 9.17) is 6.42 Å². The summed E-state index contributed by atoms with van der Waals surface area (Å²) in [6.07, 6.45) is 7.70. The summed E-state index contributed by atoms with van der Waals surface area (Å²) in [6, 6.07) is 17.6. The highest BCUT2D eigenvalue weighted by atomic mass is 15.1. The molecule has 0 saturated carbocycles. The Morgan fingerprint density at radius 1 is 1.07 bits per heavy atom. The molecule has 0 aliphatic heterocycles. The summed E-state index contributed by atoms with van der Waals surface area (Å²) in [7, 11) is 0. The van der Waals surface area contributed by atoms with Gasteiger partial charge in [0.15, 0.2) is 0 Å². The molecule has 0 amide bonds. The van der Waals surface area contributed by atoms with Gasteiger partial charge in [0.05, 0.1) is 0 Å². The molecule has 1 nitrogen and oxygen atoms in total. The third-order valence-electron chi connectivity index (χ3n) is 6.26. The van der Waals surface area contributed by atoms with Crippen molar-refractivity contribution in [1.82, 2.24) is 0 Å². The Balaban J connectivity index is 2.17. The van der Waals surface area contributed by atoms with Crippen molar-refractivity contribution < 1.29 is 0 Å². The van der Waals surface area contributed by atoms with Crippen LogP contribution >= 0.6 is 0 Å². The number of hydrogen-bond acceptors (Lipinski definition) is 1. The maximum Gasteiger partial charge on any atom is 0.0487 e. The van der Waals surface area contributed by atoms with Crippen LogP contribution in [0.4, 0.5) is 5.69 Å². The standard InChI is InChI=1S/C29H33N/c1-8-21(5)23(7)30(29-16-12-24(9-2)18-22(29)6)19-28-25(10-3)13-14-26-17-20(4)11-15-27(26)28/h2,11-18,21H,7-8,10,19H2,1,3-6H3. The van der Waals surface area contributed by atoms with Gasteiger partial charge in [-0.15, -0.1) is 6.42 Å². The fraction of sp³-hybridized carbons (Fsp3) is 0.310. The van der Waals surface area contributed by atoms with Crippen LogP contribution in [-0.4, -0.2) is 0 Å². The fourth-order valence-corrected chi connectivity index (χ4v) is 4.13. The average Bonchev–Trinajstić information content (AvgIpc) is 2.76. The van der Waals surface area contributed by atoms with Crippen LogP contribution < -0.4 is 4.90 Å². The average molecular weight is 396 g/mol. The van der Waals surface area contributed by atoms with Gasteiger partial charge in [0.25, 0.3) is 0 Å². The Kier molecular flexibility index (Phi) is 6.68. The quantitative estimate of drug-likeness (QED) is 0.373. The van der Waals surface area contributed by atoms with E-state index in [0.717, 1.165) is 30.6 Å². The molecular weight excluding hydrogens is 362 g/mol. The molecule has 0 saturated heterocycles. The molecule has 0 heterocycles. The van der Waals surface area contributed by atoms with Crippen LogP contribution in [0.3, 0.4) is 0 Å². The molecule has 3 aromatic rings. The number of nitrogens with zero attached hydrogens (tertiary/aromatic N) is 1. The smallest absolute Gasteiger partial charge is 0.0487 e. The lowest BCUT2D eigenvalue weighted by Gasteiger charge is -2.33. The molecule has 1 unspecified atom stereocenters. The molecule has 0 fully saturated rings. The Morgan fingerprint density at radius 2 is 1.83 bits per heavy atom. The van der Waals surface area contributed by atoms with E-state index in [-0.39, 0.29) is 0 Å². The van der Waals surface area contributed by atoms with Crippen molar-refractivity contribution in [2.75, 3.05) is 4.90 Å². The third-order valence-corrected chi connectivity index (χ3v) is 6.26. The second-order valence-corrected chi connectivity index (χ2v) is 8.31. The van der Waals surface area contributed by atoms with Crippen molar-refractivity contribution in [3.63, 3.8) is 0 Å². The zero-order valence-electron chi connectivity index (χ0n) is 19.0. The molecular formula is C29H33N. The summed E-state index contributed by atoms with van der Waals surface area (Å²) in [5.74, 6) is 3.16. The largest absolute Gasteiger partial charge is 0.341 e. The minimum absolute atomic E-state index is 0.402. The van der Waals surface area contributed by atoms with E-state index in [2.05, 4.69) is 94.5 Å². The second-order valence-electron chi connectivity index (χ2n) is 8.31. The van der Waals surface area contributed by atoms with Gasteiger partial charge in [0.1, 0.15) is 0 Å². The van der Waals surface area contributed by atoms with E-state index in [0.29, 0.717) is 5.92 Å². The molecule has 1 heteroatoms. The van der Waals surface area contributed by atoms with Crippen LogP contribution in [0.15, 0.2) is 60.8 Å². The molecule has 3 rings (SSSR count). The zero-order valence-corrected chi connectivity index (χ0v) is 19.0. The molecule has 0 aliphatic rings. The van der Waals surface area contributed by atoms with Crippen molar-refractivity contribution in [3.8, 4) is 12.3 Å². The van der Waals surface area contributed by atoms with Crippen molar-refractivity contribution in [1.29, 1.82) is 0 Å². The van der Waals surface area contributed by atoms with Gasteiger partial charge in [-0.2, -0.15) is 0 Å². The first-order valence-electron chi connectivity index (χ1n) is 10.9. The van der Waals surface area contributed by atoms with Gasteiger partial charge in [-0.1, -0.05) is 69.2 Å². The molecule has 154 valence electrons.